The average molecular weight is 262 g/mol. The number of carbonyl (C=O) groups excluding carboxylic acids is 1. The standard InChI is InChI=1S/C11H22N2O3S/c1-8(2)7-13(3)11(16)12-9(10(14)15)5-6-17-4/h8-9H,5-7H2,1-4H3,(H,12,16)(H,14,15)/t9-/m0/s1. The third-order valence-electron chi connectivity index (χ3n) is 2.19. The minimum Gasteiger partial charge on any atom is -0.480 e. The molecular formula is C11H22N2O3S. The van der Waals surface area contributed by atoms with Crippen LogP contribution in [0, 0.1) is 5.92 Å². The van der Waals surface area contributed by atoms with Crippen LogP contribution in [0.4, 0.5) is 4.79 Å². The number of aliphatic carboxylic acids is 1. The molecule has 0 saturated carbocycles. The number of urea groups is 1. The second kappa shape index (κ2) is 8.22. The molecule has 0 aliphatic rings. The van der Waals surface area contributed by atoms with E-state index in [1.807, 2.05) is 20.1 Å². The fraction of sp³-hybridized carbons (Fsp3) is 0.818. The molecule has 5 nitrogen and oxygen atoms in total. The van der Waals surface area contributed by atoms with Gasteiger partial charge in [-0.15, -0.1) is 0 Å². The van der Waals surface area contributed by atoms with Gasteiger partial charge in [-0.05, 0) is 24.3 Å². The SMILES string of the molecule is CSCC[C@H](NC(=O)N(C)CC(C)C)C(=O)O. The Morgan fingerprint density at radius 2 is 2.00 bits per heavy atom. The van der Waals surface area contributed by atoms with Gasteiger partial charge in [-0.3, -0.25) is 0 Å². The van der Waals surface area contributed by atoms with Gasteiger partial charge in [0.15, 0.2) is 0 Å². The Kier molecular flexibility index (Phi) is 7.78. The van der Waals surface area contributed by atoms with Crippen molar-refractivity contribution in [1.29, 1.82) is 0 Å². The van der Waals surface area contributed by atoms with E-state index in [1.54, 1.807) is 18.8 Å². The second-order valence-electron chi connectivity index (χ2n) is 4.40. The first-order valence-electron chi connectivity index (χ1n) is 5.61. The van der Waals surface area contributed by atoms with Crippen LogP contribution in [0.3, 0.4) is 0 Å². The molecule has 0 bridgehead atoms. The highest BCUT2D eigenvalue weighted by Gasteiger charge is 2.21. The quantitative estimate of drug-likeness (QED) is 0.729. The number of hydrogen-bond donors (Lipinski definition) is 2. The Labute approximate surface area is 107 Å². The van der Waals surface area contributed by atoms with Crippen LogP contribution in [-0.4, -0.2) is 53.6 Å². The summed E-state index contributed by atoms with van der Waals surface area (Å²) in [4.78, 5) is 24.2. The molecule has 6 heteroatoms. The van der Waals surface area contributed by atoms with E-state index >= 15 is 0 Å². The van der Waals surface area contributed by atoms with Gasteiger partial charge in [0, 0.05) is 13.6 Å². The van der Waals surface area contributed by atoms with Gasteiger partial charge in [-0.2, -0.15) is 11.8 Å². The van der Waals surface area contributed by atoms with Crippen LogP contribution < -0.4 is 5.32 Å². The monoisotopic (exact) mass is 262 g/mol. The maximum Gasteiger partial charge on any atom is 0.326 e. The Hall–Kier alpha value is -0.910. The average Bonchev–Trinajstić information content (AvgIpc) is 2.22. The highest BCUT2D eigenvalue weighted by atomic mass is 32.2. The van der Waals surface area contributed by atoms with E-state index in [1.165, 1.54) is 4.90 Å². The molecule has 0 aromatic rings. The highest BCUT2D eigenvalue weighted by molar-refractivity contribution is 7.98. The summed E-state index contributed by atoms with van der Waals surface area (Å²) in [5.41, 5.74) is 0. The maximum atomic E-state index is 11.7. The molecule has 0 aromatic carbocycles. The van der Waals surface area contributed by atoms with E-state index in [0.717, 1.165) is 0 Å². The predicted molar refractivity (Wildman–Crippen MR) is 70.4 cm³/mol. The predicted octanol–water partition coefficient (Wildman–Crippen LogP) is 1.49. The lowest BCUT2D eigenvalue weighted by atomic mass is 10.2. The first kappa shape index (κ1) is 16.1. The van der Waals surface area contributed by atoms with Gasteiger partial charge in [0.25, 0.3) is 0 Å². The first-order valence-corrected chi connectivity index (χ1v) is 7.01. The molecule has 0 aromatic heterocycles. The van der Waals surface area contributed by atoms with E-state index in [0.29, 0.717) is 24.6 Å². The number of carboxylic acids is 1. The van der Waals surface area contributed by atoms with Crippen LogP contribution in [0.15, 0.2) is 0 Å². The molecule has 0 aliphatic carbocycles. The number of amides is 2. The molecule has 2 amide bonds. The van der Waals surface area contributed by atoms with Crippen molar-refractivity contribution in [1.82, 2.24) is 10.2 Å². The minimum atomic E-state index is -0.981. The van der Waals surface area contributed by atoms with Crippen LogP contribution >= 0.6 is 11.8 Å². The third-order valence-corrected chi connectivity index (χ3v) is 2.84. The van der Waals surface area contributed by atoms with Crippen molar-refractivity contribution in [2.45, 2.75) is 26.3 Å². The van der Waals surface area contributed by atoms with Crippen molar-refractivity contribution in [2.75, 3.05) is 25.6 Å². The maximum absolute atomic E-state index is 11.7. The van der Waals surface area contributed by atoms with Crippen molar-refractivity contribution < 1.29 is 14.7 Å². The van der Waals surface area contributed by atoms with E-state index < -0.39 is 12.0 Å². The van der Waals surface area contributed by atoms with Crippen LogP contribution in [0.5, 0.6) is 0 Å². The molecule has 0 radical (unpaired) electrons. The summed E-state index contributed by atoms with van der Waals surface area (Å²) in [7, 11) is 1.67. The number of nitrogens with one attached hydrogen (secondary N) is 1. The topological polar surface area (TPSA) is 69.6 Å². The molecule has 0 aliphatic heterocycles. The van der Waals surface area contributed by atoms with Gasteiger partial charge in [0.2, 0.25) is 0 Å². The summed E-state index contributed by atoms with van der Waals surface area (Å²) in [6.45, 7) is 4.62. The zero-order valence-corrected chi connectivity index (χ0v) is 11.7. The van der Waals surface area contributed by atoms with Crippen molar-refractivity contribution in [2.24, 2.45) is 5.92 Å². The van der Waals surface area contributed by atoms with E-state index in [9.17, 15) is 9.59 Å². The molecule has 0 unspecified atom stereocenters. The molecule has 0 heterocycles. The number of carbonyl (C=O) groups is 2. The molecule has 2 N–H and O–H groups in total. The first-order chi connectivity index (χ1) is 7.88. The number of nitrogens with zero attached hydrogens (tertiary/aromatic N) is 1. The summed E-state index contributed by atoms with van der Waals surface area (Å²) < 4.78 is 0. The highest BCUT2D eigenvalue weighted by Crippen LogP contribution is 2.02. The number of hydrogen-bond acceptors (Lipinski definition) is 3. The van der Waals surface area contributed by atoms with Gasteiger partial charge < -0.3 is 15.3 Å². The summed E-state index contributed by atoms with van der Waals surface area (Å²) in [5, 5.41) is 11.5. The normalized spacial score (nSPS) is 12.3. The lowest BCUT2D eigenvalue weighted by Crippen LogP contribution is -2.47. The van der Waals surface area contributed by atoms with Crippen LogP contribution in [0.1, 0.15) is 20.3 Å². The lowest BCUT2D eigenvalue weighted by molar-refractivity contribution is -0.139. The molecular weight excluding hydrogens is 240 g/mol. The molecule has 0 saturated heterocycles. The number of thioether (sulfide) groups is 1. The molecule has 0 spiro atoms. The van der Waals surface area contributed by atoms with Crippen molar-refractivity contribution in [3.63, 3.8) is 0 Å². The molecule has 100 valence electrons. The Morgan fingerprint density at radius 3 is 2.41 bits per heavy atom. The largest absolute Gasteiger partial charge is 0.480 e. The molecule has 1 atom stereocenters. The van der Waals surface area contributed by atoms with Crippen LogP contribution in [0.25, 0.3) is 0 Å². The van der Waals surface area contributed by atoms with Gasteiger partial charge in [-0.1, -0.05) is 13.8 Å². The van der Waals surface area contributed by atoms with Gasteiger partial charge in [-0.25, -0.2) is 9.59 Å². The van der Waals surface area contributed by atoms with E-state index in [2.05, 4.69) is 5.32 Å². The fourth-order valence-corrected chi connectivity index (χ4v) is 1.85. The zero-order chi connectivity index (χ0) is 13.4. The summed E-state index contributed by atoms with van der Waals surface area (Å²) in [6.07, 6.45) is 2.35. The number of carboxylic acid groups (broad SMARTS) is 1. The minimum absolute atomic E-state index is 0.327. The Morgan fingerprint density at radius 1 is 1.41 bits per heavy atom. The Bertz CT molecular complexity index is 259. The van der Waals surface area contributed by atoms with Crippen molar-refractivity contribution in [3.05, 3.63) is 0 Å². The van der Waals surface area contributed by atoms with Crippen molar-refractivity contribution >= 4 is 23.8 Å². The Balaban J connectivity index is 4.24. The lowest BCUT2D eigenvalue weighted by Gasteiger charge is -2.22. The zero-order valence-electron chi connectivity index (χ0n) is 10.9. The smallest absolute Gasteiger partial charge is 0.326 e. The van der Waals surface area contributed by atoms with Crippen LogP contribution in [-0.2, 0) is 4.79 Å². The number of rotatable bonds is 7. The van der Waals surface area contributed by atoms with Gasteiger partial charge >= 0.3 is 12.0 Å². The molecule has 17 heavy (non-hydrogen) atoms. The van der Waals surface area contributed by atoms with E-state index in [-0.39, 0.29) is 6.03 Å². The fourth-order valence-electron chi connectivity index (χ4n) is 1.38. The third kappa shape index (κ3) is 7.10. The summed E-state index contributed by atoms with van der Waals surface area (Å²) in [5.74, 6) is 0.0936. The summed E-state index contributed by atoms with van der Waals surface area (Å²) >= 11 is 1.57. The second-order valence-corrected chi connectivity index (χ2v) is 5.38. The van der Waals surface area contributed by atoms with Gasteiger partial charge in [0.1, 0.15) is 6.04 Å². The molecule has 0 rings (SSSR count). The molecule has 0 fully saturated rings. The summed E-state index contributed by atoms with van der Waals surface area (Å²) in [6, 6.07) is -1.13. The van der Waals surface area contributed by atoms with Crippen molar-refractivity contribution in [3.8, 4) is 0 Å². The van der Waals surface area contributed by atoms with E-state index in [4.69, 9.17) is 5.11 Å². The van der Waals surface area contributed by atoms with Gasteiger partial charge in [0.05, 0.1) is 0 Å². The van der Waals surface area contributed by atoms with Crippen LogP contribution in [0.2, 0.25) is 0 Å².